The summed E-state index contributed by atoms with van der Waals surface area (Å²) in [4.78, 5) is 11.6. The third-order valence-corrected chi connectivity index (χ3v) is 2.75. The van der Waals surface area contributed by atoms with Crippen LogP contribution in [0.5, 0.6) is 5.75 Å². The number of aromatic nitrogens is 1. The molecule has 18 heavy (non-hydrogen) atoms. The van der Waals surface area contributed by atoms with Gasteiger partial charge in [-0.25, -0.2) is 5.84 Å². The number of hydrogen-bond acceptors (Lipinski definition) is 3. The van der Waals surface area contributed by atoms with Gasteiger partial charge in [0.25, 0.3) is 5.91 Å². The molecule has 1 heterocycles. The van der Waals surface area contributed by atoms with Crippen LogP contribution in [0, 0.1) is 0 Å². The van der Waals surface area contributed by atoms with Crippen molar-refractivity contribution in [2.45, 2.75) is 0 Å². The first-order chi connectivity index (χ1) is 8.67. The van der Waals surface area contributed by atoms with Gasteiger partial charge in [0.1, 0.15) is 11.4 Å². The zero-order valence-electron chi connectivity index (χ0n) is 9.68. The highest BCUT2D eigenvalue weighted by Crippen LogP contribution is 2.27. The minimum atomic E-state index is -0.387. The third kappa shape index (κ3) is 2.18. The highest BCUT2D eigenvalue weighted by molar-refractivity contribution is 6.30. The van der Waals surface area contributed by atoms with Gasteiger partial charge in [0.2, 0.25) is 0 Å². The van der Waals surface area contributed by atoms with E-state index in [4.69, 9.17) is 22.2 Å². The monoisotopic (exact) mass is 265 g/mol. The molecular weight excluding hydrogens is 254 g/mol. The largest absolute Gasteiger partial charge is 0.495 e. The molecule has 0 atom stereocenters. The molecule has 0 unspecified atom stereocenters. The number of carbonyl (C=O) groups is 1. The van der Waals surface area contributed by atoms with Crippen LogP contribution in [0.1, 0.15) is 10.5 Å². The molecule has 2 rings (SSSR count). The molecule has 0 aliphatic rings. The SMILES string of the molecule is COc1ccc(Cl)cc1-n1cccc1C(=O)NN. The number of nitrogen functional groups attached to an aromatic ring is 1. The zero-order valence-corrected chi connectivity index (χ0v) is 10.4. The molecule has 1 aromatic heterocycles. The molecule has 1 aromatic carbocycles. The number of amides is 1. The number of carbonyl (C=O) groups excluding carboxylic acids is 1. The molecule has 94 valence electrons. The Labute approximate surface area is 109 Å². The summed E-state index contributed by atoms with van der Waals surface area (Å²) in [5, 5.41) is 0.554. The minimum Gasteiger partial charge on any atom is -0.495 e. The lowest BCUT2D eigenvalue weighted by Crippen LogP contribution is -2.31. The summed E-state index contributed by atoms with van der Waals surface area (Å²) in [5.41, 5.74) is 3.17. The van der Waals surface area contributed by atoms with E-state index < -0.39 is 0 Å². The number of hydrogen-bond donors (Lipinski definition) is 2. The first kappa shape index (κ1) is 12.5. The predicted molar refractivity (Wildman–Crippen MR) is 69.0 cm³/mol. The van der Waals surface area contributed by atoms with Crippen LogP contribution in [0.2, 0.25) is 5.02 Å². The van der Waals surface area contributed by atoms with Gasteiger partial charge in [0, 0.05) is 11.2 Å². The maximum Gasteiger partial charge on any atom is 0.282 e. The molecule has 6 heteroatoms. The summed E-state index contributed by atoms with van der Waals surface area (Å²) in [6.45, 7) is 0. The van der Waals surface area contributed by atoms with E-state index in [1.807, 2.05) is 0 Å². The molecule has 0 spiro atoms. The van der Waals surface area contributed by atoms with E-state index in [-0.39, 0.29) is 5.91 Å². The Kier molecular flexibility index (Phi) is 3.55. The lowest BCUT2D eigenvalue weighted by atomic mass is 10.2. The van der Waals surface area contributed by atoms with Crippen molar-refractivity contribution in [1.82, 2.24) is 9.99 Å². The molecular formula is C12H12ClN3O2. The van der Waals surface area contributed by atoms with Gasteiger partial charge in [-0.3, -0.25) is 10.2 Å². The van der Waals surface area contributed by atoms with E-state index >= 15 is 0 Å². The molecule has 1 amide bonds. The van der Waals surface area contributed by atoms with Crippen LogP contribution in [0.4, 0.5) is 0 Å². The molecule has 0 bridgehead atoms. The van der Waals surface area contributed by atoms with E-state index in [1.165, 1.54) is 0 Å². The molecule has 3 N–H and O–H groups in total. The number of nitrogens with one attached hydrogen (secondary N) is 1. The van der Waals surface area contributed by atoms with E-state index in [9.17, 15) is 4.79 Å². The summed E-state index contributed by atoms with van der Waals surface area (Å²) in [5.74, 6) is 5.37. The Bertz CT molecular complexity index is 580. The standard InChI is InChI=1S/C12H12ClN3O2/c1-18-11-5-4-8(13)7-10(11)16-6-2-3-9(16)12(17)15-14/h2-7H,14H2,1H3,(H,15,17). The van der Waals surface area contributed by atoms with Crippen LogP contribution >= 0.6 is 11.6 Å². The van der Waals surface area contributed by atoms with Gasteiger partial charge in [-0.15, -0.1) is 0 Å². The minimum absolute atomic E-state index is 0.387. The number of rotatable bonds is 3. The third-order valence-electron chi connectivity index (χ3n) is 2.51. The van der Waals surface area contributed by atoms with Gasteiger partial charge < -0.3 is 9.30 Å². The van der Waals surface area contributed by atoms with Crippen molar-refractivity contribution in [2.75, 3.05) is 7.11 Å². The molecule has 0 saturated heterocycles. The Morgan fingerprint density at radius 2 is 2.22 bits per heavy atom. The van der Waals surface area contributed by atoms with E-state index in [2.05, 4.69) is 5.43 Å². The van der Waals surface area contributed by atoms with Crippen molar-refractivity contribution in [3.05, 3.63) is 47.2 Å². The Balaban J connectivity index is 2.58. The van der Waals surface area contributed by atoms with Gasteiger partial charge in [0.05, 0.1) is 12.8 Å². The molecule has 2 aromatic rings. The van der Waals surface area contributed by atoms with Crippen molar-refractivity contribution >= 4 is 17.5 Å². The fourth-order valence-corrected chi connectivity index (χ4v) is 1.87. The average molecular weight is 266 g/mol. The van der Waals surface area contributed by atoms with Gasteiger partial charge in [-0.05, 0) is 30.3 Å². The number of methoxy groups -OCH3 is 1. The molecule has 0 fully saturated rings. The summed E-state index contributed by atoms with van der Waals surface area (Å²) in [6, 6.07) is 8.57. The number of halogens is 1. The number of benzene rings is 1. The predicted octanol–water partition coefficient (Wildman–Crippen LogP) is 1.74. The molecule has 0 aliphatic heterocycles. The number of hydrazine groups is 1. The van der Waals surface area contributed by atoms with Gasteiger partial charge in [-0.2, -0.15) is 0 Å². The molecule has 5 nitrogen and oxygen atoms in total. The molecule has 0 radical (unpaired) electrons. The molecule has 0 saturated carbocycles. The topological polar surface area (TPSA) is 69.3 Å². The number of ether oxygens (including phenoxy) is 1. The summed E-state index contributed by atoms with van der Waals surface area (Å²) in [7, 11) is 1.55. The Morgan fingerprint density at radius 3 is 2.89 bits per heavy atom. The van der Waals surface area contributed by atoms with Crippen LogP contribution in [0.25, 0.3) is 5.69 Å². The van der Waals surface area contributed by atoms with Crippen molar-refractivity contribution in [3.63, 3.8) is 0 Å². The van der Waals surface area contributed by atoms with Crippen LogP contribution in [-0.4, -0.2) is 17.6 Å². The van der Waals surface area contributed by atoms with Gasteiger partial charge >= 0.3 is 0 Å². The highest BCUT2D eigenvalue weighted by Gasteiger charge is 2.14. The highest BCUT2D eigenvalue weighted by atomic mass is 35.5. The normalized spacial score (nSPS) is 10.2. The van der Waals surface area contributed by atoms with Crippen molar-refractivity contribution in [2.24, 2.45) is 5.84 Å². The van der Waals surface area contributed by atoms with E-state index in [0.29, 0.717) is 22.2 Å². The maximum atomic E-state index is 11.6. The zero-order chi connectivity index (χ0) is 13.1. The first-order valence-corrected chi connectivity index (χ1v) is 5.57. The molecule has 0 aliphatic carbocycles. The second kappa shape index (κ2) is 5.12. The lowest BCUT2D eigenvalue weighted by molar-refractivity contribution is 0.0947. The Hall–Kier alpha value is -1.98. The smallest absolute Gasteiger partial charge is 0.282 e. The van der Waals surface area contributed by atoms with Crippen molar-refractivity contribution in [1.29, 1.82) is 0 Å². The first-order valence-electron chi connectivity index (χ1n) is 5.19. The van der Waals surface area contributed by atoms with Crippen LogP contribution in [0.3, 0.4) is 0 Å². The maximum absolute atomic E-state index is 11.6. The Morgan fingerprint density at radius 1 is 1.44 bits per heavy atom. The van der Waals surface area contributed by atoms with Crippen LogP contribution in [0.15, 0.2) is 36.5 Å². The number of nitrogens with two attached hydrogens (primary N) is 1. The summed E-state index contributed by atoms with van der Waals surface area (Å²) in [6.07, 6.45) is 1.73. The summed E-state index contributed by atoms with van der Waals surface area (Å²) >= 11 is 5.96. The van der Waals surface area contributed by atoms with E-state index in [1.54, 1.807) is 48.2 Å². The quantitative estimate of drug-likeness (QED) is 0.505. The fourth-order valence-electron chi connectivity index (χ4n) is 1.70. The summed E-state index contributed by atoms with van der Waals surface area (Å²) < 4.78 is 6.91. The number of nitrogens with zero attached hydrogens (tertiary/aromatic N) is 1. The van der Waals surface area contributed by atoms with Crippen LogP contribution < -0.4 is 16.0 Å². The van der Waals surface area contributed by atoms with Gasteiger partial charge in [0.15, 0.2) is 0 Å². The van der Waals surface area contributed by atoms with E-state index in [0.717, 1.165) is 0 Å². The average Bonchev–Trinajstić information content (AvgIpc) is 2.86. The van der Waals surface area contributed by atoms with Gasteiger partial charge in [-0.1, -0.05) is 11.6 Å². The second-order valence-electron chi connectivity index (χ2n) is 3.55. The van der Waals surface area contributed by atoms with Crippen LogP contribution in [-0.2, 0) is 0 Å². The van der Waals surface area contributed by atoms with Crippen molar-refractivity contribution in [3.8, 4) is 11.4 Å². The fraction of sp³-hybridized carbons (Fsp3) is 0.0833. The van der Waals surface area contributed by atoms with Crippen molar-refractivity contribution < 1.29 is 9.53 Å². The lowest BCUT2D eigenvalue weighted by Gasteiger charge is -2.12. The second-order valence-corrected chi connectivity index (χ2v) is 3.99.